The van der Waals surface area contributed by atoms with Crippen LogP contribution in [0.25, 0.3) is 0 Å². The molecular weight excluding hydrogens is 422 g/mol. The van der Waals surface area contributed by atoms with Gasteiger partial charge in [-0.2, -0.15) is 13.2 Å². The van der Waals surface area contributed by atoms with Gasteiger partial charge in [0.15, 0.2) is 5.96 Å². The average molecular weight is 449 g/mol. The van der Waals surface area contributed by atoms with Crippen molar-refractivity contribution in [1.82, 2.24) is 10.6 Å². The highest BCUT2D eigenvalue weighted by Crippen LogP contribution is 2.57. The lowest BCUT2D eigenvalue weighted by atomic mass is 9.51. The van der Waals surface area contributed by atoms with E-state index in [0.717, 1.165) is 19.3 Å². The van der Waals surface area contributed by atoms with Crippen LogP contribution in [0.4, 0.5) is 13.2 Å². The molecule has 23 heavy (non-hydrogen) atoms. The molecule has 0 bridgehead atoms. The molecule has 0 amide bonds. The van der Waals surface area contributed by atoms with Crippen LogP contribution in [0.1, 0.15) is 46.0 Å². The number of nitrogens with zero attached hydrogens (tertiary/aromatic N) is 1. The first-order valence-corrected chi connectivity index (χ1v) is 8.14. The smallest absolute Gasteiger partial charge is 0.378 e. The van der Waals surface area contributed by atoms with Gasteiger partial charge in [0.2, 0.25) is 0 Å². The zero-order valence-corrected chi connectivity index (χ0v) is 16.0. The van der Waals surface area contributed by atoms with Crippen molar-refractivity contribution in [3.05, 3.63) is 0 Å². The Hall–Kier alpha value is -0.250. The zero-order valence-electron chi connectivity index (χ0n) is 13.7. The summed E-state index contributed by atoms with van der Waals surface area (Å²) in [5.41, 5.74) is 0.163. The molecule has 1 spiro atoms. The molecule has 4 nitrogen and oxygen atoms in total. The van der Waals surface area contributed by atoms with Gasteiger partial charge < -0.3 is 15.4 Å². The molecule has 2 fully saturated rings. The number of aliphatic imine (C=N–C) groups is 1. The van der Waals surface area contributed by atoms with Crippen molar-refractivity contribution >= 4 is 29.9 Å². The van der Waals surface area contributed by atoms with Crippen LogP contribution in [0, 0.1) is 5.41 Å². The topological polar surface area (TPSA) is 45.7 Å². The maximum atomic E-state index is 12.2. The largest absolute Gasteiger partial charge is 0.390 e. The Morgan fingerprint density at radius 3 is 2.48 bits per heavy atom. The Bertz CT molecular complexity index is 400. The Morgan fingerprint density at radius 1 is 1.30 bits per heavy atom. The van der Waals surface area contributed by atoms with Crippen LogP contribution in [0.15, 0.2) is 4.99 Å². The second kappa shape index (κ2) is 8.73. The zero-order chi connectivity index (χ0) is 16.2. The van der Waals surface area contributed by atoms with Gasteiger partial charge in [-0.15, -0.1) is 24.0 Å². The lowest BCUT2D eigenvalue weighted by Crippen LogP contribution is -2.68. The summed E-state index contributed by atoms with van der Waals surface area (Å²) in [5.74, 6) is 0.484. The van der Waals surface area contributed by atoms with Crippen LogP contribution < -0.4 is 10.6 Å². The Labute approximate surface area is 153 Å². The van der Waals surface area contributed by atoms with Crippen molar-refractivity contribution in [1.29, 1.82) is 0 Å². The standard InChI is InChI=1S/C15H26F3N3O.HI/c1-3-19-13(20-9-8-15(16,17)18)21-11-10-12(22-4-2)14(11)6-5-7-14;/h11-12H,3-10H2,1-2H3,(H2,19,20,21);1H. The second-order valence-corrected chi connectivity index (χ2v) is 6.09. The van der Waals surface area contributed by atoms with E-state index in [-0.39, 0.29) is 48.1 Å². The summed E-state index contributed by atoms with van der Waals surface area (Å²) in [7, 11) is 0. The van der Waals surface area contributed by atoms with Crippen molar-refractivity contribution in [3.63, 3.8) is 0 Å². The van der Waals surface area contributed by atoms with Crippen LogP contribution in [0.2, 0.25) is 0 Å². The molecule has 2 aliphatic carbocycles. The Morgan fingerprint density at radius 2 is 2.00 bits per heavy atom. The minimum Gasteiger partial charge on any atom is -0.378 e. The van der Waals surface area contributed by atoms with Gasteiger partial charge in [0, 0.05) is 24.6 Å². The molecule has 0 aromatic rings. The molecule has 2 rings (SSSR count). The van der Waals surface area contributed by atoms with Crippen molar-refractivity contribution in [2.75, 3.05) is 19.7 Å². The highest BCUT2D eigenvalue weighted by Gasteiger charge is 2.59. The summed E-state index contributed by atoms with van der Waals surface area (Å²) in [6.07, 6.45) is -0.426. The SMILES string of the molecule is CCNC(=NCCC(F)(F)F)NC1CC(OCC)C12CCC2.I. The van der Waals surface area contributed by atoms with Crippen LogP contribution in [-0.4, -0.2) is 44.0 Å². The monoisotopic (exact) mass is 449 g/mol. The van der Waals surface area contributed by atoms with Gasteiger partial charge in [-0.25, -0.2) is 0 Å². The molecule has 2 unspecified atom stereocenters. The molecule has 2 aliphatic rings. The second-order valence-electron chi connectivity index (χ2n) is 6.09. The minimum absolute atomic E-state index is 0. The fraction of sp³-hybridized carbons (Fsp3) is 0.933. The summed E-state index contributed by atoms with van der Waals surface area (Å²) in [6, 6.07) is 0.251. The molecule has 0 radical (unpaired) electrons. The van der Waals surface area contributed by atoms with Crippen molar-refractivity contribution in [2.24, 2.45) is 10.4 Å². The number of guanidine groups is 1. The fourth-order valence-electron chi connectivity index (χ4n) is 3.42. The first kappa shape index (κ1) is 20.8. The first-order valence-electron chi connectivity index (χ1n) is 8.14. The molecule has 0 heterocycles. The molecule has 2 N–H and O–H groups in total. The van der Waals surface area contributed by atoms with Crippen LogP contribution in [0.3, 0.4) is 0 Å². The van der Waals surface area contributed by atoms with E-state index in [0.29, 0.717) is 19.1 Å². The van der Waals surface area contributed by atoms with E-state index in [9.17, 15) is 13.2 Å². The van der Waals surface area contributed by atoms with Crippen molar-refractivity contribution in [3.8, 4) is 0 Å². The van der Waals surface area contributed by atoms with Crippen LogP contribution >= 0.6 is 24.0 Å². The van der Waals surface area contributed by atoms with E-state index in [1.54, 1.807) is 0 Å². The number of alkyl halides is 3. The van der Waals surface area contributed by atoms with Gasteiger partial charge in [0.25, 0.3) is 0 Å². The molecule has 0 aliphatic heterocycles. The minimum atomic E-state index is -4.16. The number of halogens is 4. The molecule has 136 valence electrons. The molecule has 0 saturated heterocycles. The van der Waals surface area contributed by atoms with Crippen molar-refractivity contribution in [2.45, 2.75) is 64.3 Å². The maximum Gasteiger partial charge on any atom is 0.390 e. The van der Waals surface area contributed by atoms with E-state index in [1.807, 2.05) is 13.8 Å². The lowest BCUT2D eigenvalue weighted by molar-refractivity contribution is -0.168. The van der Waals surface area contributed by atoms with Gasteiger partial charge in [-0.05, 0) is 33.1 Å². The summed E-state index contributed by atoms with van der Waals surface area (Å²) < 4.78 is 42.5. The number of hydrogen-bond donors (Lipinski definition) is 2. The summed E-state index contributed by atoms with van der Waals surface area (Å²) in [5, 5.41) is 6.34. The number of rotatable bonds is 6. The van der Waals surface area contributed by atoms with Gasteiger partial charge in [0.05, 0.1) is 19.1 Å². The van der Waals surface area contributed by atoms with E-state index < -0.39 is 12.6 Å². The summed E-state index contributed by atoms with van der Waals surface area (Å²) in [6.45, 7) is 5.00. The van der Waals surface area contributed by atoms with E-state index in [1.165, 1.54) is 6.42 Å². The molecule has 8 heteroatoms. The third-order valence-electron chi connectivity index (χ3n) is 4.76. The Kier molecular flexibility index (Phi) is 7.89. The highest BCUT2D eigenvalue weighted by molar-refractivity contribution is 14.0. The summed E-state index contributed by atoms with van der Waals surface area (Å²) >= 11 is 0. The predicted octanol–water partition coefficient (Wildman–Crippen LogP) is 3.46. The number of nitrogens with one attached hydrogen (secondary N) is 2. The van der Waals surface area contributed by atoms with Crippen LogP contribution in [-0.2, 0) is 4.74 Å². The van der Waals surface area contributed by atoms with Gasteiger partial charge in [-0.1, -0.05) is 6.42 Å². The first-order chi connectivity index (χ1) is 10.4. The predicted molar refractivity (Wildman–Crippen MR) is 95.3 cm³/mol. The summed E-state index contributed by atoms with van der Waals surface area (Å²) in [4.78, 5) is 4.05. The Balaban J connectivity index is 0.00000264. The molecule has 2 saturated carbocycles. The van der Waals surface area contributed by atoms with Crippen LogP contribution in [0.5, 0.6) is 0 Å². The highest BCUT2D eigenvalue weighted by atomic mass is 127. The number of ether oxygens (including phenoxy) is 1. The average Bonchev–Trinajstić information content (AvgIpc) is 2.33. The molecular formula is C15H27F3IN3O. The third-order valence-corrected chi connectivity index (χ3v) is 4.76. The molecule has 2 atom stereocenters. The van der Waals surface area contributed by atoms with E-state index in [2.05, 4.69) is 15.6 Å². The van der Waals surface area contributed by atoms with Gasteiger partial charge >= 0.3 is 6.18 Å². The molecule has 0 aromatic carbocycles. The third kappa shape index (κ3) is 5.11. The van der Waals surface area contributed by atoms with E-state index in [4.69, 9.17) is 4.74 Å². The lowest BCUT2D eigenvalue weighted by Gasteiger charge is -2.61. The fourth-order valence-corrected chi connectivity index (χ4v) is 3.42. The van der Waals surface area contributed by atoms with Crippen molar-refractivity contribution < 1.29 is 17.9 Å². The van der Waals surface area contributed by atoms with Gasteiger partial charge in [-0.3, -0.25) is 4.99 Å². The number of hydrogen-bond acceptors (Lipinski definition) is 2. The normalized spacial score (nSPS) is 26.0. The molecule has 0 aromatic heterocycles. The van der Waals surface area contributed by atoms with E-state index >= 15 is 0 Å². The maximum absolute atomic E-state index is 12.2. The van der Waals surface area contributed by atoms with Gasteiger partial charge in [0.1, 0.15) is 0 Å². The quantitative estimate of drug-likeness (QED) is 0.371.